The molecule has 17 heavy (non-hydrogen) atoms. The van der Waals surface area contributed by atoms with Crippen molar-refractivity contribution < 1.29 is 9.53 Å². The van der Waals surface area contributed by atoms with Gasteiger partial charge in [0.25, 0.3) is 0 Å². The number of rotatable bonds is 1. The van der Waals surface area contributed by atoms with E-state index >= 15 is 0 Å². The van der Waals surface area contributed by atoms with Gasteiger partial charge in [0, 0.05) is 18.0 Å². The molecule has 0 spiro atoms. The van der Waals surface area contributed by atoms with Crippen molar-refractivity contribution in [3.8, 4) is 0 Å². The van der Waals surface area contributed by atoms with Crippen LogP contribution in [0.3, 0.4) is 0 Å². The van der Waals surface area contributed by atoms with Gasteiger partial charge >= 0.3 is 5.97 Å². The molecule has 0 saturated heterocycles. The Bertz CT molecular complexity index is 505. The van der Waals surface area contributed by atoms with E-state index < -0.39 is 0 Å². The number of cyclic esters (lactones) is 1. The van der Waals surface area contributed by atoms with Gasteiger partial charge in [0.15, 0.2) is 0 Å². The first-order chi connectivity index (χ1) is 8.33. The van der Waals surface area contributed by atoms with Crippen molar-refractivity contribution in [2.24, 2.45) is 5.92 Å². The maximum atomic E-state index is 11.9. The van der Waals surface area contributed by atoms with Gasteiger partial charge in [0.2, 0.25) is 0 Å². The van der Waals surface area contributed by atoms with Crippen LogP contribution in [-0.4, -0.2) is 12.5 Å². The Kier molecular flexibility index (Phi) is 1.89. The molecule has 1 aliphatic carbocycles. The van der Waals surface area contributed by atoms with E-state index in [4.69, 9.17) is 4.74 Å². The molecular formula is C14H15NO2. The number of ether oxygens (including phenoxy) is 1. The Labute approximate surface area is 100 Å². The molecular weight excluding hydrogens is 214 g/mol. The summed E-state index contributed by atoms with van der Waals surface area (Å²) in [5.41, 5.74) is 4.62. The first kappa shape index (κ1) is 9.66. The smallest absolute Gasteiger partial charge is 0.339 e. The van der Waals surface area contributed by atoms with Crippen molar-refractivity contribution in [1.82, 2.24) is 5.32 Å². The molecule has 2 aliphatic heterocycles. The summed E-state index contributed by atoms with van der Waals surface area (Å²) >= 11 is 0. The Morgan fingerprint density at radius 2 is 2.12 bits per heavy atom. The van der Waals surface area contributed by atoms with Gasteiger partial charge in [-0.1, -0.05) is 6.07 Å². The minimum absolute atomic E-state index is 0.0534. The molecule has 3 nitrogen and oxygen atoms in total. The predicted octanol–water partition coefficient (Wildman–Crippen LogP) is 1.95. The van der Waals surface area contributed by atoms with Crippen molar-refractivity contribution in [2.45, 2.75) is 31.9 Å². The van der Waals surface area contributed by atoms with Gasteiger partial charge in [0.1, 0.15) is 6.10 Å². The Morgan fingerprint density at radius 3 is 2.94 bits per heavy atom. The van der Waals surface area contributed by atoms with Crippen LogP contribution in [-0.2, 0) is 17.7 Å². The highest BCUT2D eigenvalue weighted by molar-refractivity contribution is 5.94. The van der Waals surface area contributed by atoms with Crippen LogP contribution in [0.5, 0.6) is 0 Å². The molecule has 3 heteroatoms. The summed E-state index contributed by atoms with van der Waals surface area (Å²) in [5.74, 6) is 0.463. The Morgan fingerprint density at radius 1 is 1.24 bits per heavy atom. The van der Waals surface area contributed by atoms with Gasteiger partial charge in [-0.3, -0.25) is 0 Å². The summed E-state index contributed by atoms with van der Waals surface area (Å²) in [4.78, 5) is 11.9. The lowest BCUT2D eigenvalue weighted by atomic mass is 9.92. The van der Waals surface area contributed by atoms with Gasteiger partial charge in [0.05, 0.1) is 5.56 Å². The molecule has 4 rings (SSSR count). The van der Waals surface area contributed by atoms with Crippen LogP contribution < -0.4 is 5.32 Å². The standard InChI is InChI=1S/C14H15NO2/c16-14-12-6-10-7-15-4-3-9(10)5-11(12)13(17-14)8-1-2-8/h5-6,8,13,15H,1-4,7H2. The van der Waals surface area contributed by atoms with Crippen molar-refractivity contribution in [1.29, 1.82) is 0 Å². The Balaban J connectivity index is 1.84. The number of carbonyl (C=O) groups excluding carboxylic acids is 1. The molecule has 0 aromatic heterocycles. The van der Waals surface area contributed by atoms with E-state index in [1.807, 2.05) is 6.07 Å². The van der Waals surface area contributed by atoms with Crippen molar-refractivity contribution in [2.75, 3.05) is 6.54 Å². The zero-order valence-corrected chi connectivity index (χ0v) is 9.66. The third-order valence-corrected chi connectivity index (χ3v) is 4.07. The quantitative estimate of drug-likeness (QED) is 0.748. The first-order valence-corrected chi connectivity index (χ1v) is 6.40. The van der Waals surface area contributed by atoms with Gasteiger partial charge < -0.3 is 10.1 Å². The summed E-state index contributed by atoms with van der Waals surface area (Å²) in [6.07, 6.45) is 3.53. The fourth-order valence-electron chi connectivity index (χ4n) is 2.96. The summed E-state index contributed by atoms with van der Waals surface area (Å²) in [5, 5.41) is 3.34. The molecule has 1 fully saturated rings. The van der Waals surface area contributed by atoms with Crippen LogP contribution in [0.1, 0.15) is 46.0 Å². The minimum atomic E-state index is -0.120. The molecule has 0 bridgehead atoms. The van der Waals surface area contributed by atoms with E-state index in [2.05, 4.69) is 11.4 Å². The summed E-state index contributed by atoms with van der Waals surface area (Å²) in [6.45, 7) is 1.92. The molecule has 88 valence electrons. The number of carbonyl (C=O) groups is 1. The second-order valence-electron chi connectivity index (χ2n) is 5.30. The van der Waals surface area contributed by atoms with Crippen molar-refractivity contribution in [3.63, 3.8) is 0 Å². The Hall–Kier alpha value is -1.35. The number of esters is 1. The van der Waals surface area contributed by atoms with Gasteiger partial charge in [-0.15, -0.1) is 0 Å². The molecule has 1 atom stereocenters. The van der Waals surface area contributed by atoms with Crippen molar-refractivity contribution in [3.05, 3.63) is 34.4 Å². The van der Waals surface area contributed by atoms with Gasteiger partial charge in [-0.2, -0.15) is 0 Å². The van der Waals surface area contributed by atoms with E-state index in [0.717, 1.165) is 30.6 Å². The highest BCUT2D eigenvalue weighted by Crippen LogP contribution is 2.48. The molecule has 3 aliphatic rings. The average molecular weight is 229 g/mol. The van der Waals surface area contributed by atoms with Crippen LogP contribution in [0, 0.1) is 5.92 Å². The topological polar surface area (TPSA) is 38.3 Å². The lowest BCUT2D eigenvalue weighted by molar-refractivity contribution is 0.0338. The predicted molar refractivity (Wildman–Crippen MR) is 62.7 cm³/mol. The van der Waals surface area contributed by atoms with E-state index in [-0.39, 0.29) is 12.1 Å². The second-order valence-corrected chi connectivity index (χ2v) is 5.30. The SMILES string of the molecule is O=C1OC(C2CC2)c2cc3c(cc21)CNCC3. The van der Waals surface area contributed by atoms with Gasteiger partial charge in [-0.25, -0.2) is 4.79 Å². The van der Waals surface area contributed by atoms with Gasteiger partial charge in [-0.05, 0) is 43.0 Å². The maximum absolute atomic E-state index is 11.9. The molecule has 2 heterocycles. The number of hydrogen-bond acceptors (Lipinski definition) is 3. The van der Waals surface area contributed by atoms with Crippen molar-refractivity contribution >= 4 is 5.97 Å². The fraction of sp³-hybridized carbons (Fsp3) is 0.500. The highest BCUT2D eigenvalue weighted by atomic mass is 16.5. The number of fused-ring (bicyclic) bond motifs is 2. The zero-order valence-electron chi connectivity index (χ0n) is 9.66. The number of benzene rings is 1. The summed E-state index contributed by atoms with van der Waals surface area (Å²) < 4.78 is 5.52. The minimum Gasteiger partial charge on any atom is -0.454 e. The van der Waals surface area contributed by atoms with E-state index in [0.29, 0.717) is 5.92 Å². The molecule has 1 aromatic rings. The molecule has 0 radical (unpaired) electrons. The lowest BCUT2D eigenvalue weighted by Crippen LogP contribution is -2.24. The van der Waals surface area contributed by atoms with E-state index in [1.54, 1.807) is 0 Å². The van der Waals surface area contributed by atoms with Crippen LogP contribution in [0.2, 0.25) is 0 Å². The maximum Gasteiger partial charge on any atom is 0.339 e. The largest absolute Gasteiger partial charge is 0.454 e. The molecule has 1 N–H and O–H groups in total. The lowest BCUT2D eigenvalue weighted by Gasteiger charge is -2.18. The third-order valence-electron chi connectivity index (χ3n) is 4.07. The summed E-state index contributed by atoms with van der Waals surface area (Å²) in [7, 11) is 0. The first-order valence-electron chi connectivity index (χ1n) is 6.40. The molecule has 1 saturated carbocycles. The zero-order chi connectivity index (χ0) is 11.4. The van der Waals surface area contributed by atoms with Crippen LogP contribution in [0.4, 0.5) is 0 Å². The molecule has 1 aromatic carbocycles. The summed E-state index contributed by atoms with van der Waals surface area (Å²) in [6, 6.07) is 4.26. The third kappa shape index (κ3) is 1.42. The van der Waals surface area contributed by atoms with E-state index in [9.17, 15) is 4.79 Å². The number of hydrogen-bond donors (Lipinski definition) is 1. The highest BCUT2D eigenvalue weighted by Gasteiger charge is 2.42. The fourth-order valence-corrected chi connectivity index (χ4v) is 2.96. The monoisotopic (exact) mass is 229 g/mol. The second kappa shape index (κ2) is 3.33. The van der Waals surface area contributed by atoms with Crippen LogP contribution >= 0.6 is 0 Å². The molecule has 1 unspecified atom stereocenters. The van der Waals surface area contributed by atoms with Crippen LogP contribution in [0.15, 0.2) is 12.1 Å². The number of nitrogens with one attached hydrogen (secondary N) is 1. The average Bonchev–Trinajstić information content (AvgIpc) is 3.14. The molecule has 0 amide bonds. The van der Waals surface area contributed by atoms with E-state index in [1.165, 1.54) is 24.0 Å². The normalized spacial score (nSPS) is 26.4. The van der Waals surface area contributed by atoms with Crippen LogP contribution in [0.25, 0.3) is 0 Å².